The Kier molecular flexibility index (Phi) is 7.87. The van der Waals surface area contributed by atoms with Crippen LogP contribution in [0.15, 0.2) is 72.0 Å². The molecule has 1 N–H and O–H groups in total. The van der Waals surface area contributed by atoms with Crippen LogP contribution >= 0.6 is 11.8 Å². The second-order valence-electron chi connectivity index (χ2n) is 9.81. The maximum atomic E-state index is 15.0. The van der Waals surface area contributed by atoms with Gasteiger partial charge in [-0.1, -0.05) is 49.9 Å². The van der Waals surface area contributed by atoms with Gasteiger partial charge in [0.25, 0.3) is 0 Å². The van der Waals surface area contributed by atoms with Crippen LogP contribution in [0.4, 0.5) is 33.7 Å². The Morgan fingerprint density at radius 3 is 2.48 bits per heavy atom. The van der Waals surface area contributed by atoms with Crippen LogP contribution in [0, 0.1) is 12.7 Å². The van der Waals surface area contributed by atoms with Crippen molar-refractivity contribution in [3.63, 3.8) is 0 Å². The van der Waals surface area contributed by atoms with Crippen LogP contribution in [-0.4, -0.2) is 37.6 Å². The Labute approximate surface area is 242 Å². The van der Waals surface area contributed by atoms with Crippen molar-refractivity contribution in [2.75, 3.05) is 16.0 Å². The molecule has 3 aromatic carbocycles. The quantitative estimate of drug-likeness (QED) is 0.246. The van der Waals surface area contributed by atoms with Crippen molar-refractivity contribution in [3.05, 3.63) is 89.5 Å². The van der Waals surface area contributed by atoms with Gasteiger partial charge in [0.05, 0.1) is 28.4 Å². The Morgan fingerprint density at radius 1 is 1.07 bits per heavy atom. The minimum absolute atomic E-state index is 0.118. The summed E-state index contributed by atoms with van der Waals surface area (Å²) in [6, 6.07) is 13.2. The molecular weight excluding hydrogens is 572 g/mol. The van der Waals surface area contributed by atoms with E-state index in [1.807, 2.05) is 39.0 Å². The second kappa shape index (κ2) is 11.4. The molecule has 0 bridgehead atoms. The SMILES string of the molecule is Cc1ccc(C(C)C)c(N2C(=O)CS/C2=N\C(=O)Nc2ccc(-n3cnc(-c4ccc(C(F)(F)F)cc4)n3)cc2F)c1. The van der Waals surface area contributed by atoms with Crippen LogP contribution in [0.25, 0.3) is 17.1 Å². The topological polar surface area (TPSA) is 92.5 Å². The molecule has 0 radical (unpaired) electrons. The average Bonchev–Trinajstić information content (AvgIpc) is 3.56. The zero-order valence-electron chi connectivity index (χ0n) is 22.6. The van der Waals surface area contributed by atoms with E-state index in [1.54, 1.807) is 0 Å². The molecule has 1 aliphatic rings. The minimum atomic E-state index is -4.46. The minimum Gasteiger partial charge on any atom is -0.303 e. The number of carbonyl (C=O) groups is 2. The van der Waals surface area contributed by atoms with Crippen molar-refractivity contribution in [1.82, 2.24) is 14.8 Å². The Morgan fingerprint density at radius 2 is 1.81 bits per heavy atom. The number of amides is 3. The van der Waals surface area contributed by atoms with Crippen molar-refractivity contribution in [2.45, 2.75) is 32.9 Å². The molecule has 0 atom stereocenters. The first-order valence-corrected chi connectivity index (χ1v) is 13.7. The summed E-state index contributed by atoms with van der Waals surface area (Å²) in [4.78, 5) is 35.1. The molecule has 216 valence electrons. The van der Waals surface area contributed by atoms with Gasteiger partial charge in [0, 0.05) is 11.6 Å². The fourth-order valence-corrected chi connectivity index (χ4v) is 5.18. The number of halogens is 4. The first kappa shape index (κ1) is 29.0. The average molecular weight is 597 g/mol. The maximum Gasteiger partial charge on any atom is 0.416 e. The van der Waals surface area contributed by atoms with E-state index in [1.165, 1.54) is 40.2 Å². The van der Waals surface area contributed by atoms with Gasteiger partial charge in [-0.05, 0) is 54.3 Å². The summed E-state index contributed by atoms with van der Waals surface area (Å²) in [6.07, 6.45) is -3.16. The van der Waals surface area contributed by atoms with Gasteiger partial charge < -0.3 is 5.32 Å². The molecule has 0 saturated carbocycles. The Hall–Kier alpha value is -4.52. The van der Waals surface area contributed by atoms with Crippen LogP contribution < -0.4 is 10.2 Å². The largest absolute Gasteiger partial charge is 0.416 e. The molecule has 4 aromatic rings. The van der Waals surface area contributed by atoms with E-state index in [0.29, 0.717) is 11.3 Å². The lowest BCUT2D eigenvalue weighted by molar-refractivity contribution is -0.137. The molecule has 13 heteroatoms. The highest BCUT2D eigenvalue weighted by Crippen LogP contribution is 2.34. The highest BCUT2D eigenvalue weighted by molar-refractivity contribution is 8.15. The number of anilines is 2. The van der Waals surface area contributed by atoms with Gasteiger partial charge in [-0.15, -0.1) is 5.10 Å². The third-order valence-corrected chi connectivity index (χ3v) is 7.36. The molecular formula is C29H24F4N6O2S. The fourth-order valence-electron chi connectivity index (χ4n) is 4.32. The van der Waals surface area contributed by atoms with Crippen molar-refractivity contribution < 1.29 is 27.2 Å². The lowest BCUT2D eigenvalue weighted by atomic mass is 9.99. The van der Waals surface area contributed by atoms with E-state index >= 15 is 0 Å². The molecule has 5 rings (SSSR count). The monoisotopic (exact) mass is 596 g/mol. The predicted molar refractivity (Wildman–Crippen MR) is 153 cm³/mol. The van der Waals surface area contributed by atoms with Gasteiger partial charge in [-0.3, -0.25) is 9.69 Å². The first-order chi connectivity index (χ1) is 19.9. The highest BCUT2D eigenvalue weighted by atomic mass is 32.2. The summed E-state index contributed by atoms with van der Waals surface area (Å²) in [5.41, 5.74) is 2.22. The van der Waals surface area contributed by atoms with E-state index in [0.717, 1.165) is 41.1 Å². The van der Waals surface area contributed by atoms with Crippen molar-refractivity contribution in [2.24, 2.45) is 4.99 Å². The van der Waals surface area contributed by atoms with E-state index in [-0.39, 0.29) is 39.9 Å². The number of thioether (sulfide) groups is 1. The number of nitrogens with zero attached hydrogens (tertiary/aromatic N) is 5. The highest BCUT2D eigenvalue weighted by Gasteiger charge is 2.33. The van der Waals surface area contributed by atoms with Gasteiger partial charge in [-0.2, -0.15) is 18.2 Å². The molecule has 8 nitrogen and oxygen atoms in total. The predicted octanol–water partition coefficient (Wildman–Crippen LogP) is 7.19. The number of hydrogen-bond donors (Lipinski definition) is 1. The number of benzene rings is 3. The van der Waals surface area contributed by atoms with Crippen LogP contribution in [-0.2, 0) is 11.0 Å². The van der Waals surface area contributed by atoms with Crippen molar-refractivity contribution in [3.8, 4) is 17.1 Å². The number of aryl methyl sites for hydroxylation is 1. The number of alkyl halides is 3. The number of nitrogens with one attached hydrogen (secondary N) is 1. The van der Waals surface area contributed by atoms with Gasteiger partial charge in [0.1, 0.15) is 12.1 Å². The third kappa shape index (κ3) is 6.05. The van der Waals surface area contributed by atoms with Crippen LogP contribution in [0.3, 0.4) is 0 Å². The molecule has 1 saturated heterocycles. The molecule has 1 aromatic heterocycles. The third-order valence-electron chi connectivity index (χ3n) is 6.43. The molecule has 42 heavy (non-hydrogen) atoms. The summed E-state index contributed by atoms with van der Waals surface area (Å²) in [5.74, 6) is -0.594. The van der Waals surface area contributed by atoms with E-state index < -0.39 is 23.6 Å². The van der Waals surface area contributed by atoms with Gasteiger partial charge in [-0.25, -0.2) is 18.9 Å². The molecule has 0 spiro atoms. The smallest absolute Gasteiger partial charge is 0.303 e. The number of rotatable bonds is 5. The van der Waals surface area contributed by atoms with Gasteiger partial charge in [0.2, 0.25) is 5.91 Å². The summed E-state index contributed by atoms with van der Waals surface area (Å²) in [5, 5.41) is 6.83. The number of aromatic nitrogens is 3. The number of hydrogen-bond acceptors (Lipinski definition) is 5. The summed E-state index contributed by atoms with van der Waals surface area (Å²) in [7, 11) is 0. The van der Waals surface area contributed by atoms with Crippen LogP contribution in [0.2, 0.25) is 0 Å². The standard InChI is InChI=1S/C29H24F4N6O2S/c1-16(2)21-10-4-17(3)12-24(21)39-25(40)14-42-28(39)36-27(41)35-23-11-9-20(13-22(23)30)38-15-34-26(37-38)18-5-7-19(8-6-18)29(31,32)33/h4-13,15-16H,14H2,1-3H3,(H,35,41)/b36-28-. The Balaban J connectivity index is 1.33. The van der Waals surface area contributed by atoms with Crippen molar-refractivity contribution in [1.29, 1.82) is 0 Å². The van der Waals surface area contributed by atoms with E-state index in [9.17, 15) is 27.2 Å². The molecule has 1 fully saturated rings. The maximum absolute atomic E-state index is 15.0. The summed E-state index contributed by atoms with van der Waals surface area (Å²) in [6.45, 7) is 5.92. The summed E-state index contributed by atoms with van der Waals surface area (Å²) >= 11 is 1.12. The molecule has 2 heterocycles. The van der Waals surface area contributed by atoms with Crippen LogP contribution in [0.1, 0.15) is 36.5 Å². The lowest BCUT2D eigenvalue weighted by Crippen LogP contribution is -2.31. The lowest BCUT2D eigenvalue weighted by Gasteiger charge is -2.22. The fraction of sp³-hybridized carbons (Fsp3) is 0.207. The Bertz CT molecular complexity index is 1700. The zero-order chi connectivity index (χ0) is 30.2. The molecule has 0 unspecified atom stereocenters. The second-order valence-corrected chi connectivity index (χ2v) is 10.8. The summed E-state index contributed by atoms with van der Waals surface area (Å²) < 4.78 is 54.7. The molecule has 3 amide bonds. The van der Waals surface area contributed by atoms with Gasteiger partial charge >= 0.3 is 12.2 Å². The van der Waals surface area contributed by atoms with Gasteiger partial charge in [0.15, 0.2) is 11.0 Å². The van der Waals surface area contributed by atoms with E-state index in [2.05, 4.69) is 20.4 Å². The number of aliphatic imine (C=N–C) groups is 1. The first-order valence-electron chi connectivity index (χ1n) is 12.8. The number of amidine groups is 1. The normalized spacial score (nSPS) is 14.7. The van der Waals surface area contributed by atoms with E-state index in [4.69, 9.17) is 0 Å². The van der Waals surface area contributed by atoms with Crippen molar-refractivity contribution >= 4 is 40.2 Å². The molecule has 1 aliphatic heterocycles. The number of urea groups is 1. The van der Waals surface area contributed by atoms with Crippen LogP contribution in [0.5, 0.6) is 0 Å². The molecule has 0 aliphatic carbocycles. The zero-order valence-corrected chi connectivity index (χ0v) is 23.4. The number of carbonyl (C=O) groups excluding carboxylic acids is 2.